The van der Waals surface area contributed by atoms with Crippen molar-refractivity contribution in [2.24, 2.45) is 0 Å². The minimum atomic E-state index is -0.0777. The highest BCUT2D eigenvalue weighted by Gasteiger charge is 2.06. The maximum absolute atomic E-state index is 11.9. The van der Waals surface area contributed by atoms with Crippen molar-refractivity contribution in [1.82, 2.24) is 5.32 Å². The highest BCUT2D eigenvalue weighted by atomic mass is 32.1. The van der Waals surface area contributed by atoms with Crippen LogP contribution in [0.1, 0.15) is 35.0 Å². The lowest BCUT2D eigenvalue weighted by molar-refractivity contribution is -0.116. The fourth-order valence-corrected chi connectivity index (χ4v) is 2.68. The molecule has 1 heterocycles. The Labute approximate surface area is 134 Å². The minimum Gasteiger partial charge on any atom is -0.351 e. The summed E-state index contributed by atoms with van der Waals surface area (Å²) in [5, 5.41) is 7.56. The molecule has 4 nitrogen and oxygen atoms in total. The van der Waals surface area contributed by atoms with Crippen molar-refractivity contribution in [1.29, 1.82) is 0 Å². The smallest absolute Gasteiger partial charge is 0.261 e. The predicted octanol–water partition coefficient (Wildman–Crippen LogP) is 3.46. The Morgan fingerprint density at radius 1 is 1.18 bits per heavy atom. The summed E-state index contributed by atoms with van der Waals surface area (Å²) in [5.74, 6) is -0.107. The first-order chi connectivity index (χ1) is 10.7. The van der Waals surface area contributed by atoms with Crippen molar-refractivity contribution >= 4 is 28.8 Å². The van der Waals surface area contributed by atoms with Gasteiger partial charge >= 0.3 is 0 Å². The number of carbonyl (C=O) groups is 2. The van der Waals surface area contributed by atoms with Crippen LogP contribution in [0, 0.1) is 0 Å². The maximum atomic E-state index is 11.9. The van der Waals surface area contributed by atoms with Crippen molar-refractivity contribution in [2.75, 3.05) is 11.9 Å². The Balaban J connectivity index is 1.68. The van der Waals surface area contributed by atoms with Crippen molar-refractivity contribution in [3.8, 4) is 0 Å². The van der Waals surface area contributed by atoms with Gasteiger partial charge in [0, 0.05) is 18.7 Å². The second-order valence-corrected chi connectivity index (χ2v) is 5.89. The molecule has 2 N–H and O–H groups in total. The third-order valence-electron chi connectivity index (χ3n) is 3.23. The van der Waals surface area contributed by atoms with Crippen molar-refractivity contribution in [3.05, 3.63) is 52.2 Å². The zero-order valence-electron chi connectivity index (χ0n) is 12.6. The molecule has 1 aromatic heterocycles. The Bertz CT molecular complexity index is 623. The Morgan fingerprint density at radius 3 is 2.77 bits per heavy atom. The average Bonchev–Trinajstić information content (AvgIpc) is 3.06. The first-order valence-corrected chi connectivity index (χ1v) is 8.27. The Morgan fingerprint density at radius 2 is 2.05 bits per heavy atom. The molecule has 2 amide bonds. The zero-order chi connectivity index (χ0) is 15.8. The normalized spacial score (nSPS) is 10.2. The van der Waals surface area contributed by atoms with E-state index in [1.807, 2.05) is 35.7 Å². The third-order valence-corrected chi connectivity index (χ3v) is 4.10. The summed E-state index contributed by atoms with van der Waals surface area (Å²) < 4.78 is 0. The van der Waals surface area contributed by atoms with Crippen LogP contribution in [0.15, 0.2) is 41.8 Å². The molecule has 5 heteroatoms. The molecule has 0 unspecified atom stereocenters. The van der Waals surface area contributed by atoms with E-state index in [0.29, 0.717) is 24.3 Å². The van der Waals surface area contributed by atoms with E-state index in [4.69, 9.17) is 0 Å². The van der Waals surface area contributed by atoms with E-state index >= 15 is 0 Å². The van der Waals surface area contributed by atoms with Gasteiger partial charge in [0.05, 0.1) is 4.88 Å². The van der Waals surface area contributed by atoms with Gasteiger partial charge in [-0.05, 0) is 42.0 Å². The Hall–Kier alpha value is -2.14. The van der Waals surface area contributed by atoms with E-state index in [2.05, 4.69) is 17.6 Å². The predicted molar refractivity (Wildman–Crippen MR) is 90.3 cm³/mol. The molecule has 0 saturated carbocycles. The Kier molecular flexibility index (Phi) is 6.15. The summed E-state index contributed by atoms with van der Waals surface area (Å²) in [5.41, 5.74) is 2.02. The molecule has 22 heavy (non-hydrogen) atoms. The van der Waals surface area contributed by atoms with Crippen LogP contribution in [0.3, 0.4) is 0 Å². The van der Waals surface area contributed by atoms with E-state index < -0.39 is 0 Å². The molecular formula is C17H20N2O2S. The van der Waals surface area contributed by atoms with E-state index in [1.54, 1.807) is 6.07 Å². The standard InChI is InChI=1S/C17H20N2O2S/c1-2-13-6-3-7-14(12-13)19-16(20)9-4-10-18-17(21)15-8-5-11-22-15/h3,5-8,11-12H,2,4,9-10H2,1H3,(H,18,21)(H,19,20). The van der Waals surface area contributed by atoms with Crippen LogP contribution in [-0.2, 0) is 11.2 Å². The second kappa shape index (κ2) is 8.34. The lowest BCUT2D eigenvalue weighted by Gasteiger charge is -2.07. The largest absolute Gasteiger partial charge is 0.351 e. The fraction of sp³-hybridized carbons (Fsp3) is 0.294. The van der Waals surface area contributed by atoms with Gasteiger partial charge in [-0.15, -0.1) is 11.3 Å². The van der Waals surface area contributed by atoms with Crippen LogP contribution < -0.4 is 10.6 Å². The molecule has 0 spiro atoms. The molecule has 0 bridgehead atoms. The number of hydrogen-bond donors (Lipinski definition) is 2. The molecule has 0 aliphatic carbocycles. The van der Waals surface area contributed by atoms with Gasteiger partial charge in [-0.2, -0.15) is 0 Å². The molecule has 1 aromatic carbocycles. The van der Waals surface area contributed by atoms with E-state index in [-0.39, 0.29) is 11.8 Å². The zero-order valence-corrected chi connectivity index (χ0v) is 13.4. The highest BCUT2D eigenvalue weighted by Crippen LogP contribution is 2.11. The van der Waals surface area contributed by atoms with Crippen LogP contribution >= 0.6 is 11.3 Å². The van der Waals surface area contributed by atoms with Gasteiger partial charge in [-0.1, -0.05) is 25.1 Å². The topological polar surface area (TPSA) is 58.2 Å². The van der Waals surface area contributed by atoms with E-state index in [0.717, 1.165) is 12.1 Å². The van der Waals surface area contributed by atoms with Gasteiger partial charge in [0.1, 0.15) is 0 Å². The summed E-state index contributed by atoms with van der Waals surface area (Å²) in [6.07, 6.45) is 1.95. The van der Waals surface area contributed by atoms with E-state index in [9.17, 15) is 9.59 Å². The molecule has 2 rings (SSSR count). The van der Waals surface area contributed by atoms with Gasteiger partial charge in [0.25, 0.3) is 5.91 Å². The molecule has 0 aliphatic heterocycles. The lowest BCUT2D eigenvalue weighted by atomic mass is 10.1. The molecular weight excluding hydrogens is 296 g/mol. The van der Waals surface area contributed by atoms with Gasteiger partial charge in [-0.25, -0.2) is 0 Å². The quantitative estimate of drug-likeness (QED) is 0.769. The van der Waals surface area contributed by atoms with Gasteiger partial charge in [0.15, 0.2) is 0 Å². The minimum absolute atomic E-state index is 0.0291. The first kappa shape index (κ1) is 16.2. The number of carbonyl (C=O) groups excluding carboxylic acids is 2. The monoisotopic (exact) mass is 316 g/mol. The number of anilines is 1. The van der Waals surface area contributed by atoms with Crippen LogP contribution in [0.5, 0.6) is 0 Å². The molecule has 0 saturated heterocycles. The van der Waals surface area contributed by atoms with Crippen LogP contribution in [0.4, 0.5) is 5.69 Å². The first-order valence-electron chi connectivity index (χ1n) is 7.39. The molecule has 2 aromatic rings. The number of amides is 2. The summed E-state index contributed by atoms with van der Waals surface area (Å²) in [6.45, 7) is 2.58. The number of hydrogen-bond acceptors (Lipinski definition) is 3. The molecule has 0 radical (unpaired) electrons. The highest BCUT2D eigenvalue weighted by molar-refractivity contribution is 7.12. The number of rotatable bonds is 7. The summed E-state index contributed by atoms with van der Waals surface area (Å²) >= 11 is 1.41. The molecule has 116 valence electrons. The SMILES string of the molecule is CCc1cccc(NC(=O)CCCNC(=O)c2cccs2)c1. The fourth-order valence-electron chi connectivity index (χ4n) is 2.04. The van der Waals surface area contributed by atoms with Gasteiger partial charge in [-0.3, -0.25) is 9.59 Å². The molecule has 0 atom stereocenters. The molecule has 0 aliphatic rings. The second-order valence-electron chi connectivity index (χ2n) is 4.94. The van der Waals surface area contributed by atoms with Crippen LogP contribution in [0.25, 0.3) is 0 Å². The van der Waals surface area contributed by atoms with Crippen molar-refractivity contribution in [2.45, 2.75) is 26.2 Å². The number of benzene rings is 1. The van der Waals surface area contributed by atoms with Crippen LogP contribution in [0.2, 0.25) is 0 Å². The number of nitrogens with one attached hydrogen (secondary N) is 2. The summed E-state index contributed by atoms with van der Waals surface area (Å²) in [6, 6.07) is 11.5. The van der Waals surface area contributed by atoms with Gasteiger partial charge < -0.3 is 10.6 Å². The van der Waals surface area contributed by atoms with Crippen molar-refractivity contribution < 1.29 is 9.59 Å². The van der Waals surface area contributed by atoms with Crippen LogP contribution in [-0.4, -0.2) is 18.4 Å². The van der Waals surface area contributed by atoms with Crippen molar-refractivity contribution in [3.63, 3.8) is 0 Å². The summed E-state index contributed by atoms with van der Waals surface area (Å²) in [7, 11) is 0. The van der Waals surface area contributed by atoms with Gasteiger partial charge in [0.2, 0.25) is 5.91 Å². The van der Waals surface area contributed by atoms with E-state index in [1.165, 1.54) is 16.9 Å². The maximum Gasteiger partial charge on any atom is 0.261 e. The third kappa shape index (κ3) is 5.00. The average molecular weight is 316 g/mol. The number of aryl methyl sites for hydroxylation is 1. The lowest BCUT2D eigenvalue weighted by Crippen LogP contribution is -2.24. The molecule has 0 fully saturated rings. The summed E-state index contributed by atoms with van der Waals surface area (Å²) in [4.78, 5) is 24.3. The number of thiophene rings is 1.